The number of carbonyl (C=O) groups excluding carboxylic acids is 1. The van der Waals surface area contributed by atoms with Gasteiger partial charge >= 0.3 is 12.0 Å². The van der Waals surface area contributed by atoms with Gasteiger partial charge < -0.3 is 19.8 Å². The zero-order valence-electron chi connectivity index (χ0n) is 18.9. The molecular weight excluding hydrogens is 468 g/mol. The Morgan fingerprint density at radius 3 is 2.63 bits per heavy atom. The second-order valence-electron chi connectivity index (χ2n) is 7.73. The van der Waals surface area contributed by atoms with Gasteiger partial charge in [0, 0.05) is 16.3 Å². The van der Waals surface area contributed by atoms with E-state index in [1.807, 2.05) is 55.5 Å². The number of guanidine groups is 1. The van der Waals surface area contributed by atoms with Crippen LogP contribution in [-0.2, 0) is 4.74 Å². The molecule has 0 fully saturated rings. The Morgan fingerprint density at radius 2 is 1.89 bits per heavy atom. The van der Waals surface area contributed by atoms with Gasteiger partial charge in [0.15, 0.2) is 5.58 Å². The van der Waals surface area contributed by atoms with E-state index in [-0.39, 0.29) is 5.69 Å². The van der Waals surface area contributed by atoms with Crippen molar-refractivity contribution in [3.05, 3.63) is 94.5 Å². The predicted molar refractivity (Wildman–Crippen MR) is 134 cm³/mol. The van der Waals surface area contributed by atoms with Crippen LogP contribution < -0.4 is 16.0 Å². The van der Waals surface area contributed by atoms with Gasteiger partial charge in [0.2, 0.25) is 5.96 Å². The minimum absolute atomic E-state index is 0.219. The van der Waals surface area contributed by atoms with Crippen LogP contribution in [-0.4, -0.2) is 29.0 Å². The number of nitrogens with one attached hydrogen (secondary N) is 3. The number of allylic oxidation sites excluding steroid dienone is 1. The molecule has 0 radical (unpaired) electrons. The van der Waals surface area contributed by atoms with Gasteiger partial charge in [-0.25, -0.2) is 14.8 Å². The molecule has 9 nitrogen and oxygen atoms in total. The number of ether oxygens (including phenoxy) is 1. The summed E-state index contributed by atoms with van der Waals surface area (Å²) in [5, 5.41) is 10.3. The minimum atomic E-state index is -0.500. The van der Waals surface area contributed by atoms with Crippen LogP contribution in [0.15, 0.2) is 87.7 Å². The normalized spacial score (nSPS) is 15.4. The van der Waals surface area contributed by atoms with Crippen molar-refractivity contribution in [2.45, 2.75) is 13.0 Å². The van der Waals surface area contributed by atoms with Gasteiger partial charge in [0.05, 0.1) is 24.7 Å². The molecule has 2 aromatic heterocycles. The van der Waals surface area contributed by atoms with E-state index in [4.69, 9.17) is 25.7 Å². The maximum atomic E-state index is 11.7. The van der Waals surface area contributed by atoms with Gasteiger partial charge in [-0.2, -0.15) is 4.98 Å². The van der Waals surface area contributed by atoms with Gasteiger partial charge in [-0.1, -0.05) is 41.9 Å². The minimum Gasteiger partial charge on any atom is -0.464 e. The van der Waals surface area contributed by atoms with E-state index in [9.17, 15) is 4.79 Å². The molecule has 10 heteroatoms. The first-order valence-corrected chi connectivity index (χ1v) is 11.1. The number of hydrogen-bond donors (Lipinski definition) is 3. The SMILES string of the molecule is COC(=O)c1ccc(NC2=C(C)NC(Nc3nc4ccccc4o3)=NC2c2ccccc2Cl)cn1. The van der Waals surface area contributed by atoms with Gasteiger partial charge in [0.25, 0.3) is 0 Å². The molecule has 0 saturated heterocycles. The van der Waals surface area contributed by atoms with Crippen LogP contribution in [0.1, 0.15) is 29.0 Å². The number of aliphatic imine (C=N–C) groups is 1. The van der Waals surface area contributed by atoms with E-state index in [0.29, 0.717) is 28.3 Å². The average molecular weight is 489 g/mol. The van der Waals surface area contributed by atoms with Crippen LogP contribution in [0, 0.1) is 0 Å². The number of pyridine rings is 1. The van der Waals surface area contributed by atoms with Gasteiger partial charge in [-0.15, -0.1) is 0 Å². The number of para-hydroxylation sites is 2. The zero-order chi connectivity index (χ0) is 24.4. The molecule has 2 aromatic carbocycles. The van der Waals surface area contributed by atoms with E-state index in [1.165, 1.54) is 7.11 Å². The Morgan fingerprint density at radius 1 is 1.09 bits per heavy atom. The van der Waals surface area contributed by atoms with Crippen LogP contribution in [0.2, 0.25) is 5.02 Å². The summed E-state index contributed by atoms with van der Waals surface area (Å²) in [5.74, 6) is -0.0385. The Labute approximate surface area is 205 Å². The van der Waals surface area contributed by atoms with Crippen molar-refractivity contribution in [2.24, 2.45) is 4.99 Å². The Hall–Kier alpha value is -4.37. The number of esters is 1. The quantitative estimate of drug-likeness (QED) is 0.332. The third-order valence-corrected chi connectivity index (χ3v) is 5.74. The van der Waals surface area contributed by atoms with E-state index in [0.717, 1.165) is 22.5 Å². The molecule has 0 bridgehead atoms. The monoisotopic (exact) mass is 488 g/mol. The second-order valence-corrected chi connectivity index (χ2v) is 8.13. The fourth-order valence-corrected chi connectivity index (χ4v) is 3.94. The summed E-state index contributed by atoms with van der Waals surface area (Å²) in [4.78, 5) is 25.2. The molecule has 0 spiro atoms. The number of rotatable bonds is 5. The first-order chi connectivity index (χ1) is 17.0. The van der Waals surface area contributed by atoms with E-state index >= 15 is 0 Å². The number of benzene rings is 2. The van der Waals surface area contributed by atoms with Crippen molar-refractivity contribution in [3.8, 4) is 0 Å². The lowest BCUT2D eigenvalue weighted by molar-refractivity contribution is 0.0594. The lowest BCUT2D eigenvalue weighted by Gasteiger charge is -2.28. The van der Waals surface area contributed by atoms with E-state index < -0.39 is 12.0 Å². The predicted octanol–water partition coefficient (Wildman–Crippen LogP) is 5.12. The standard InChI is InChI=1S/C25H21ClN6O3/c1-14-21(29-15-11-12-19(27-13-15)23(33)34-2)22(16-7-3-4-8-17(16)26)31-24(28-14)32-25-30-18-9-5-6-10-20(18)35-25/h3-13,22,29H,1-2H3,(H2,28,30,31,32). The van der Waals surface area contributed by atoms with Crippen molar-refractivity contribution in [2.75, 3.05) is 17.7 Å². The number of carbonyl (C=O) groups is 1. The van der Waals surface area contributed by atoms with E-state index in [2.05, 4.69) is 25.9 Å². The lowest BCUT2D eigenvalue weighted by atomic mass is 10.0. The molecule has 1 atom stereocenters. The maximum absolute atomic E-state index is 11.7. The molecule has 3 N–H and O–H groups in total. The zero-order valence-corrected chi connectivity index (χ0v) is 19.6. The number of nitrogens with zero attached hydrogens (tertiary/aromatic N) is 3. The maximum Gasteiger partial charge on any atom is 0.356 e. The first-order valence-electron chi connectivity index (χ1n) is 10.8. The summed E-state index contributed by atoms with van der Waals surface area (Å²) in [5.41, 5.74) is 4.70. The Bertz CT molecular complexity index is 1430. The Balaban J connectivity index is 1.46. The highest BCUT2D eigenvalue weighted by atomic mass is 35.5. The van der Waals surface area contributed by atoms with Gasteiger partial charge in [-0.05, 0) is 37.3 Å². The molecule has 0 saturated carbocycles. The van der Waals surface area contributed by atoms with Crippen LogP contribution in [0.5, 0.6) is 0 Å². The molecular formula is C25H21ClN6O3. The molecule has 4 aromatic rings. The summed E-state index contributed by atoms with van der Waals surface area (Å²) in [6.07, 6.45) is 1.56. The molecule has 176 valence electrons. The smallest absolute Gasteiger partial charge is 0.356 e. The molecule has 1 aliphatic heterocycles. The average Bonchev–Trinajstić information content (AvgIpc) is 3.28. The van der Waals surface area contributed by atoms with Crippen molar-refractivity contribution in [3.63, 3.8) is 0 Å². The lowest BCUT2D eigenvalue weighted by Crippen LogP contribution is -2.36. The molecule has 1 aliphatic rings. The molecule has 35 heavy (non-hydrogen) atoms. The highest BCUT2D eigenvalue weighted by Gasteiger charge is 2.27. The van der Waals surface area contributed by atoms with Crippen LogP contribution >= 0.6 is 11.6 Å². The van der Waals surface area contributed by atoms with Crippen LogP contribution in [0.4, 0.5) is 11.7 Å². The number of methoxy groups -OCH3 is 1. The number of oxazole rings is 1. The molecule has 3 heterocycles. The molecule has 5 rings (SSSR count). The summed E-state index contributed by atoms with van der Waals surface area (Å²) in [7, 11) is 1.32. The number of halogens is 1. The highest BCUT2D eigenvalue weighted by Crippen LogP contribution is 2.35. The van der Waals surface area contributed by atoms with Crippen molar-refractivity contribution in [1.82, 2.24) is 15.3 Å². The van der Waals surface area contributed by atoms with Gasteiger partial charge in [0.1, 0.15) is 17.3 Å². The van der Waals surface area contributed by atoms with E-state index in [1.54, 1.807) is 18.3 Å². The fraction of sp³-hybridized carbons (Fsp3) is 0.120. The summed E-state index contributed by atoms with van der Waals surface area (Å²) in [6, 6.07) is 18.2. The third-order valence-electron chi connectivity index (χ3n) is 5.40. The molecule has 0 aliphatic carbocycles. The summed E-state index contributed by atoms with van der Waals surface area (Å²) >= 11 is 6.55. The highest BCUT2D eigenvalue weighted by molar-refractivity contribution is 6.31. The van der Waals surface area contributed by atoms with Crippen molar-refractivity contribution < 1.29 is 13.9 Å². The first kappa shape index (κ1) is 22.4. The largest absolute Gasteiger partial charge is 0.464 e. The number of anilines is 2. The van der Waals surface area contributed by atoms with Crippen molar-refractivity contribution >= 4 is 46.3 Å². The number of hydrogen-bond acceptors (Lipinski definition) is 9. The number of fused-ring (bicyclic) bond motifs is 1. The van der Waals surface area contributed by atoms with Gasteiger partial charge in [-0.3, -0.25) is 5.32 Å². The van der Waals surface area contributed by atoms with Crippen LogP contribution in [0.25, 0.3) is 11.1 Å². The third kappa shape index (κ3) is 4.67. The number of aromatic nitrogens is 2. The summed E-state index contributed by atoms with van der Waals surface area (Å²) in [6.45, 7) is 1.92. The topological polar surface area (TPSA) is 114 Å². The molecule has 0 amide bonds. The Kier molecular flexibility index (Phi) is 6.07. The molecule has 1 unspecified atom stereocenters. The summed E-state index contributed by atoms with van der Waals surface area (Å²) < 4.78 is 10.5. The second kappa shape index (κ2) is 9.47. The van der Waals surface area contributed by atoms with Crippen LogP contribution in [0.3, 0.4) is 0 Å². The van der Waals surface area contributed by atoms with Crippen molar-refractivity contribution in [1.29, 1.82) is 0 Å². The fourth-order valence-electron chi connectivity index (χ4n) is 3.70.